The average Bonchev–Trinajstić information content (AvgIpc) is 3.16. The lowest BCUT2D eigenvalue weighted by Crippen LogP contribution is -2.16. The third kappa shape index (κ3) is 3.70. The Hall–Kier alpha value is -2.86. The van der Waals surface area contributed by atoms with E-state index in [1.165, 1.54) is 0 Å². The Kier molecular flexibility index (Phi) is 4.84. The molecular weight excluding hydrogens is 350 g/mol. The summed E-state index contributed by atoms with van der Waals surface area (Å²) in [7, 11) is 0. The van der Waals surface area contributed by atoms with Crippen LogP contribution in [0.1, 0.15) is 16.1 Å². The van der Waals surface area contributed by atoms with Crippen LogP contribution in [0, 0.1) is 0 Å². The summed E-state index contributed by atoms with van der Waals surface area (Å²) in [5.41, 5.74) is 1.49. The van der Waals surface area contributed by atoms with Crippen molar-refractivity contribution in [2.24, 2.45) is 0 Å². The fourth-order valence-corrected chi connectivity index (χ4v) is 3.53. The lowest BCUT2D eigenvalue weighted by atomic mass is 10.2. The largest absolute Gasteiger partial charge is 0.486 e. The van der Waals surface area contributed by atoms with E-state index < -0.39 is 0 Å². The van der Waals surface area contributed by atoms with Crippen LogP contribution in [-0.2, 0) is 5.75 Å². The van der Waals surface area contributed by atoms with Crippen LogP contribution < -0.4 is 14.8 Å². The van der Waals surface area contributed by atoms with Gasteiger partial charge in [-0.2, -0.15) is 0 Å². The highest BCUT2D eigenvalue weighted by Crippen LogP contribution is 2.33. The van der Waals surface area contributed by atoms with Gasteiger partial charge in [0.05, 0.1) is 6.26 Å². The number of furan rings is 1. The number of amides is 1. The average molecular weight is 367 g/mol. The van der Waals surface area contributed by atoms with Crippen LogP contribution in [0.3, 0.4) is 0 Å². The topological polar surface area (TPSA) is 60.7 Å². The number of carbonyl (C=O) groups is 1. The zero-order chi connectivity index (χ0) is 17.8. The van der Waals surface area contributed by atoms with Crippen molar-refractivity contribution < 1.29 is 18.7 Å². The van der Waals surface area contributed by atoms with Crippen LogP contribution in [0.5, 0.6) is 11.5 Å². The van der Waals surface area contributed by atoms with Crippen LogP contribution in [0.15, 0.2) is 70.2 Å². The van der Waals surface area contributed by atoms with Gasteiger partial charge in [0, 0.05) is 28.0 Å². The molecule has 5 nitrogen and oxygen atoms in total. The number of anilines is 1. The highest BCUT2D eigenvalue weighted by molar-refractivity contribution is 7.98. The molecular formula is C20H17NO4S. The molecule has 1 aliphatic heterocycles. The minimum Gasteiger partial charge on any atom is -0.486 e. The van der Waals surface area contributed by atoms with E-state index in [0.29, 0.717) is 41.9 Å². The molecule has 3 aromatic rings. The first-order chi connectivity index (χ1) is 12.8. The van der Waals surface area contributed by atoms with Crippen LogP contribution in [-0.4, -0.2) is 19.1 Å². The quantitative estimate of drug-likeness (QED) is 0.668. The van der Waals surface area contributed by atoms with E-state index in [2.05, 4.69) is 5.32 Å². The Morgan fingerprint density at radius 3 is 2.65 bits per heavy atom. The van der Waals surface area contributed by atoms with E-state index in [0.717, 1.165) is 10.5 Å². The standard InChI is InChI=1S/C20H17NO4S/c22-20(21-15-6-7-17-18(12-15)24-11-10-23-17)19-14(8-9-25-19)13-26-16-4-2-1-3-5-16/h1-9,12H,10-11,13H2,(H,21,22). The number of nitrogens with one attached hydrogen (secondary N) is 1. The van der Waals surface area contributed by atoms with E-state index in [-0.39, 0.29) is 5.91 Å². The second-order valence-electron chi connectivity index (χ2n) is 5.69. The predicted molar refractivity (Wildman–Crippen MR) is 100 cm³/mol. The molecule has 4 rings (SSSR count). The number of hydrogen-bond donors (Lipinski definition) is 1. The van der Waals surface area contributed by atoms with Gasteiger partial charge in [0.25, 0.3) is 5.91 Å². The fraction of sp³-hybridized carbons (Fsp3) is 0.150. The van der Waals surface area contributed by atoms with E-state index >= 15 is 0 Å². The zero-order valence-electron chi connectivity index (χ0n) is 13.9. The van der Waals surface area contributed by atoms with Crippen molar-refractivity contribution in [2.45, 2.75) is 10.6 Å². The monoisotopic (exact) mass is 367 g/mol. The van der Waals surface area contributed by atoms with Crippen molar-refractivity contribution in [1.29, 1.82) is 0 Å². The second-order valence-corrected chi connectivity index (χ2v) is 6.74. The molecule has 132 valence electrons. The Balaban J connectivity index is 1.45. The minimum absolute atomic E-state index is 0.282. The van der Waals surface area contributed by atoms with Crippen molar-refractivity contribution >= 4 is 23.4 Å². The van der Waals surface area contributed by atoms with E-state index in [4.69, 9.17) is 13.9 Å². The smallest absolute Gasteiger partial charge is 0.291 e. The van der Waals surface area contributed by atoms with E-state index in [9.17, 15) is 4.79 Å². The summed E-state index contributed by atoms with van der Waals surface area (Å²) in [6.07, 6.45) is 1.54. The number of fused-ring (bicyclic) bond motifs is 1. The van der Waals surface area contributed by atoms with Crippen LogP contribution in [0.2, 0.25) is 0 Å². The van der Waals surface area contributed by atoms with Crippen molar-refractivity contribution in [2.75, 3.05) is 18.5 Å². The normalized spacial score (nSPS) is 12.6. The third-order valence-electron chi connectivity index (χ3n) is 3.89. The second kappa shape index (κ2) is 7.58. The molecule has 0 saturated heterocycles. The summed E-state index contributed by atoms with van der Waals surface area (Å²) in [5.74, 6) is 2.02. The highest BCUT2D eigenvalue weighted by atomic mass is 32.2. The van der Waals surface area contributed by atoms with Gasteiger partial charge >= 0.3 is 0 Å². The lowest BCUT2D eigenvalue weighted by Gasteiger charge is -2.18. The summed E-state index contributed by atoms with van der Waals surface area (Å²) >= 11 is 1.66. The molecule has 0 radical (unpaired) electrons. The fourth-order valence-electron chi connectivity index (χ4n) is 2.64. The summed E-state index contributed by atoms with van der Waals surface area (Å²) in [6.45, 7) is 1.04. The van der Waals surface area contributed by atoms with Crippen molar-refractivity contribution in [1.82, 2.24) is 0 Å². The van der Waals surface area contributed by atoms with Gasteiger partial charge in [-0.1, -0.05) is 18.2 Å². The summed E-state index contributed by atoms with van der Waals surface area (Å²) in [4.78, 5) is 13.7. The van der Waals surface area contributed by atoms with Gasteiger partial charge in [0.2, 0.25) is 0 Å². The molecule has 0 saturated carbocycles. The van der Waals surface area contributed by atoms with Gasteiger partial charge in [0.15, 0.2) is 17.3 Å². The first-order valence-electron chi connectivity index (χ1n) is 8.25. The summed E-state index contributed by atoms with van der Waals surface area (Å²) in [6, 6.07) is 17.2. The molecule has 0 aliphatic carbocycles. The Morgan fingerprint density at radius 2 is 1.81 bits per heavy atom. The van der Waals surface area contributed by atoms with Gasteiger partial charge in [-0.25, -0.2) is 0 Å². The summed E-state index contributed by atoms with van der Waals surface area (Å²) in [5, 5.41) is 2.86. The Labute approximate surface area is 155 Å². The number of thioether (sulfide) groups is 1. The van der Waals surface area contributed by atoms with Crippen molar-refractivity contribution in [3.05, 3.63) is 72.2 Å². The van der Waals surface area contributed by atoms with Crippen molar-refractivity contribution in [3.8, 4) is 11.5 Å². The number of benzene rings is 2. The van der Waals surface area contributed by atoms with Gasteiger partial charge in [0.1, 0.15) is 13.2 Å². The van der Waals surface area contributed by atoms with Gasteiger partial charge in [-0.3, -0.25) is 4.79 Å². The number of carbonyl (C=O) groups excluding carboxylic acids is 1. The highest BCUT2D eigenvalue weighted by Gasteiger charge is 2.18. The van der Waals surface area contributed by atoms with Gasteiger partial charge in [-0.15, -0.1) is 11.8 Å². The van der Waals surface area contributed by atoms with Crippen LogP contribution in [0.4, 0.5) is 5.69 Å². The maximum absolute atomic E-state index is 12.6. The molecule has 6 heteroatoms. The van der Waals surface area contributed by atoms with Crippen LogP contribution in [0.25, 0.3) is 0 Å². The molecule has 1 aromatic heterocycles. The molecule has 0 fully saturated rings. The predicted octanol–water partition coefficient (Wildman–Crippen LogP) is 4.60. The molecule has 0 spiro atoms. The summed E-state index contributed by atoms with van der Waals surface area (Å²) < 4.78 is 16.5. The van der Waals surface area contributed by atoms with Gasteiger partial charge in [-0.05, 0) is 30.3 Å². The molecule has 2 heterocycles. The lowest BCUT2D eigenvalue weighted by molar-refractivity contribution is 0.0995. The minimum atomic E-state index is -0.282. The Morgan fingerprint density at radius 1 is 1.00 bits per heavy atom. The first-order valence-corrected chi connectivity index (χ1v) is 9.23. The molecule has 2 aromatic carbocycles. The SMILES string of the molecule is O=C(Nc1ccc2c(c1)OCCO2)c1occc1CSc1ccccc1. The number of hydrogen-bond acceptors (Lipinski definition) is 5. The third-order valence-corrected chi connectivity index (χ3v) is 4.95. The van der Waals surface area contributed by atoms with Crippen molar-refractivity contribution in [3.63, 3.8) is 0 Å². The van der Waals surface area contributed by atoms with Gasteiger partial charge < -0.3 is 19.2 Å². The maximum Gasteiger partial charge on any atom is 0.291 e. The molecule has 1 N–H and O–H groups in total. The molecule has 1 aliphatic rings. The molecule has 26 heavy (non-hydrogen) atoms. The van der Waals surface area contributed by atoms with Crippen LogP contribution >= 0.6 is 11.8 Å². The molecule has 0 atom stereocenters. The van der Waals surface area contributed by atoms with E-state index in [1.54, 1.807) is 36.2 Å². The molecule has 1 amide bonds. The molecule has 0 unspecified atom stereocenters. The van der Waals surface area contributed by atoms with E-state index in [1.807, 2.05) is 36.4 Å². The molecule has 0 bridgehead atoms. The first kappa shape index (κ1) is 16.6. The zero-order valence-corrected chi connectivity index (χ0v) is 14.8. The number of rotatable bonds is 5. The number of ether oxygens (including phenoxy) is 2. The Bertz CT molecular complexity index is 907. The maximum atomic E-state index is 12.6.